The van der Waals surface area contributed by atoms with Crippen molar-refractivity contribution in [1.82, 2.24) is 0 Å². The molecule has 2 aromatic carbocycles. The molecule has 0 heterocycles. The molecule has 0 saturated heterocycles. The van der Waals surface area contributed by atoms with Gasteiger partial charge in [0.2, 0.25) is 0 Å². The zero-order valence-corrected chi connectivity index (χ0v) is 14.3. The zero-order valence-electron chi connectivity index (χ0n) is 12.8. The van der Waals surface area contributed by atoms with Crippen molar-refractivity contribution >= 4 is 40.9 Å². The molecule has 0 radical (unpaired) electrons. The molecule has 1 N–H and O–H groups in total. The van der Waals surface area contributed by atoms with Crippen molar-refractivity contribution in [3.63, 3.8) is 0 Å². The summed E-state index contributed by atoms with van der Waals surface area (Å²) in [5.41, 5.74) is 1.52. The molecule has 0 atom stereocenters. The highest BCUT2D eigenvalue weighted by molar-refractivity contribution is 7.99. The molecule has 0 fully saturated rings. The Morgan fingerprint density at radius 1 is 1.13 bits per heavy atom. The normalized spacial score (nSPS) is 10.2. The third kappa shape index (κ3) is 4.50. The van der Waals surface area contributed by atoms with Gasteiger partial charge in [0, 0.05) is 15.5 Å². The van der Waals surface area contributed by atoms with Crippen molar-refractivity contribution in [2.24, 2.45) is 0 Å². The lowest BCUT2D eigenvalue weighted by Crippen LogP contribution is -2.13. The Morgan fingerprint density at radius 2 is 1.78 bits per heavy atom. The number of methoxy groups -OCH3 is 1. The van der Waals surface area contributed by atoms with Crippen molar-refractivity contribution < 1.29 is 14.3 Å². The van der Waals surface area contributed by atoms with Crippen LogP contribution in [0.4, 0.5) is 5.69 Å². The predicted octanol–water partition coefficient (Wildman–Crippen LogP) is 4.49. The molecule has 0 saturated carbocycles. The maximum absolute atomic E-state index is 12.4. The third-order valence-corrected chi connectivity index (χ3v) is 4.25. The lowest BCUT2D eigenvalue weighted by atomic mass is 10.1. The van der Waals surface area contributed by atoms with Crippen molar-refractivity contribution in [2.45, 2.75) is 11.8 Å². The van der Waals surface area contributed by atoms with E-state index in [9.17, 15) is 9.59 Å². The first-order valence-electron chi connectivity index (χ1n) is 6.97. The molecule has 0 bridgehead atoms. The summed E-state index contributed by atoms with van der Waals surface area (Å²) in [7, 11) is 1.31. The second kappa shape index (κ2) is 8.04. The van der Waals surface area contributed by atoms with Gasteiger partial charge in [0.1, 0.15) is 0 Å². The zero-order chi connectivity index (χ0) is 16.8. The van der Waals surface area contributed by atoms with E-state index in [0.717, 1.165) is 10.6 Å². The van der Waals surface area contributed by atoms with Crippen molar-refractivity contribution in [2.75, 3.05) is 18.2 Å². The van der Waals surface area contributed by atoms with Crippen LogP contribution in [0.5, 0.6) is 0 Å². The van der Waals surface area contributed by atoms with Gasteiger partial charge in [0.15, 0.2) is 0 Å². The van der Waals surface area contributed by atoms with E-state index in [-0.39, 0.29) is 5.91 Å². The minimum Gasteiger partial charge on any atom is -0.465 e. The summed E-state index contributed by atoms with van der Waals surface area (Å²) in [5.74, 6) is 0.188. The molecule has 0 aliphatic rings. The fourth-order valence-corrected chi connectivity index (χ4v) is 2.86. The molecule has 0 spiro atoms. The Morgan fingerprint density at radius 3 is 2.39 bits per heavy atom. The van der Waals surface area contributed by atoms with E-state index in [0.29, 0.717) is 21.8 Å². The van der Waals surface area contributed by atoms with Crippen LogP contribution >= 0.6 is 23.4 Å². The molecule has 6 heteroatoms. The van der Waals surface area contributed by atoms with Gasteiger partial charge in [-0.3, -0.25) is 4.79 Å². The smallest absolute Gasteiger partial charge is 0.337 e. The van der Waals surface area contributed by atoms with Crippen LogP contribution in [0.2, 0.25) is 5.02 Å². The summed E-state index contributed by atoms with van der Waals surface area (Å²) in [6.07, 6.45) is 0. The number of nitrogens with one attached hydrogen (secondary N) is 1. The number of anilines is 1. The number of carbonyl (C=O) groups excluding carboxylic acids is 2. The monoisotopic (exact) mass is 349 g/mol. The number of amides is 1. The van der Waals surface area contributed by atoms with Crippen LogP contribution < -0.4 is 5.32 Å². The molecule has 2 rings (SSSR count). The SMILES string of the molecule is CCSc1ccc(Cl)cc1NC(=O)c1ccc(C(=O)OC)cc1. The maximum Gasteiger partial charge on any atom is 0.337 e. The van der Waals surface area contributed by atoms with E-state index in [4.69, 9.17) is 11.6 Å². The average molecular weight is 350 g/mol. The van der Waals surface area contributed by atoms with E-state index in [1.807, 2.05) is 13.0 Å². The van der Waals surface area contributed by atoms with Gasteiger partial charge in [-0.25, -0.2) is 4.79 Å². The van der Waals surface area contributed by atoms with E-state index in [1.165, 1.54) is 7.11 Å². The van der Waals surface area contributed by atoms with Gasteiger partial charge in [-0.2, -0.15) is 0 Å². The van der Waals surface area contributed by atoms with E-state index >= 15 is 0 Å². The second-order valence-electron chi connectivity index (χ2n) is 4.60. The van der Waals surface area contributed by atoms with Gasteiger partial charge in [-0.05, 0) is 48.2 Å². The highest BCUT2D eigenvalue weighted by atomic mass is 35.5. The summed E-state index contributed by atoms with van der Waals surface area (Å²) in [6, 6.07) is 11.7. The predicted molar refractivity (Wildman–Crippen MR) is 93.6 cm³/mol. The number of hydrogen-bond donors (Lipinski definition) is 1. The number of rotatable bonds is 5. The van der Waals surface area contributed by atoms with E-state index in [1.54, 1.807) is 48.2 Å². The van der Waals surface area contributed by atoms with Crippen molar-refractivity contribution in [1.29, 1.82) is 0 Å². The van der Waals surface area contributed by atoms with Crippen molar-refractivity contribution in [3.05, 3.63) is 58.6 Å². The lowest BCUT2D eigenvalue weighted by Gasteiger charge is -2.11. The van der Waals surface area contributed by atoms with Gasteiger partial charge in [-0.1, -0.05) is 18.5 Å². The lowest BCUT2D eigenvalue weighted by molar-refractivity contribution is 0.0600. The van der Waals surface area contributed by atoms with Gasteiger partial charge in [0.05, 0.1) is 18.4 Å². The standard InChI is InChI=1S/C17H16ClNO3S/c1-3-23-15-9-8-13(18)10-14(15)19-16(20)11-4-6-12(7-5-11)17(21)22-2/h4-10H,3H2,1-2H3,(H,19,20). The fraction of sp³-hybridized carbons (Fsp3) is 0.176. The molecule has 1 amide bonds. The molecular weight excluding hydrogens is 334 g/mol. The summed E-state index contributed by atoms with van der Waals surface area (Å²) in [6.45, 7) is 2.04. The molecule has 4 nitrogen and oxygen atoms in total. The third-order valence-electron chi connectivity index (χ3n) is 3.06. The average Bonchev–Trinajstić information content (AvgIpc) is 2.57. The Hall–Kier alpha value is -1.98. The van der Waals surface area contributed by atoms with Crippen LogP contribution in [0.25, 0.3) is 0 Å². The van der Waals surface area contributed by atoms with Gasteiger partial charge in [0.25, 0.3) is 5.91 Å². The molecule has 0 unspecified atom stereocenters. The number of esters is 1. The van der Waals surface area contributed by atoms with Crippen LogP contribution in [-0.2, 0) is 4.74 Å². The largest absolute Gasteiger partial charge is 0.465 e. The Labute approximate surface area is 144 Å². The molecule has 0 aliphatic carbocycles. The summed E-state index contributed by atoms with van der Waals surface area (Å²) in [5, 5.41) is 3.41. The number of halogens is 1. The minimum atomic E-state index is -0.437. The number of hydrogen-bond acceptors (Lipinski definition) is 4. The van der Waals surface area contributed by atoms with E-state index < -0.39 is 5.97 Å². The highest BCUT2D eigenvalue weighted by Crippen LogP contribution is 2.30. The Bertz CT molecular complexity index is 716. The number of carbonyl (C=O) groups is 2. The number of thioether (sulfide) groups is 1. The number of benzene rings is 2. The fourth-order valence-electron chi connectivity index (χ4n) is 1.95. The topological polar surface area (TPSA) is 55.4 Å². The van der Waals surface area contributed by atoms with Crippen LogP contribution in [0, 0.1) is 0 Å². The maximum atomic E-state index is 12.4. The molecule has 23 heavy (non-hydrogen) atoms. The minimum absolute atomic E-state index is 0.262. The first kappa shape index (κ1) is 17.4. The summed E-state index contributed by atoms with van der Waals surface area (Å²) < 4.78 is 4.63. The molecule has 120 valence electrons. The van der Waals surface area contributed by atoms with Crippen LogP contribution in [-0.4, -0.2) is 24.7 Å². The number of ether oxygens (including phenoxy) is 1. The second-order valence-corrected chi connectivity index (χ2v) is 6.34. The molecule has 2 aromatic rings. The van der Waals surface area contributed by atoms with Gasteiger partial charge >= 0.3 is 5.97 Å². The van der Waals surface area contributed by atoms with Crippen molar-refractivity contribution in [3.8, 4) is 0 Å². The Kier molecular flexibility index (Phi) is 6.07. The molecular formula is C17H16ClNO3S. The first-order valence-corrected chi connectivity index (χ1v) is 8.33. The molecule has 0 aliphatic heterocycles. The Balaban J connectivity index is 2.19. The van der Waals surface area contributed by atoms with Crippen LogP contribution in [0.15, 0.2) is 47.4 Å². The van der Waals surface area contributed by atoms with Gasteiger partial charge in [-0.15, -0.1) is 11.8 Å². The summed E-state index contributed by atoms with van der Waals surface area (Å²) >= 11 is 7.63. The van der Waals surface area contributed by atoms with E-state index in [2.05, 4.69) is 10.1 Å². The first-order chi connectivity index (χ1) is 11.0. The van der Waals surface area contributed by atoms with Crippen LogP contribution in [0.3, 0.4) is 0 Å². The van der Waals surface area contributed by atoms with Crippen LogP contribution in [0.1, 0.15) is 27.6 Å². The highest BCUT2D eigenvalue weighted by Gasteiger charge is 2.11. The molecule has 0 aromatic heterocycles. The summed E-state index contributed by atoms with van der Waals surface area (Å²) in [4.78, 5) is 24.7. The van der Waals surface area contributed by atoms with Gasteiger partial charge < -0.3 is 10.1 Å². The quantitative estimate of drug-likeness (QED) is 0.638.